The molecule has 0 bridgehead atoms. The summed E-state index contributed by atoms with van der Waals surface area (Å²) in [5.41, 5.74) is 0. The molecule has 0 rings (SSSR count). The van der Waals surface area contributed by atoms with Gasteiger partial charge in [-0.1, -0.05) is 233 Å². The second kappa shape index (κ2) is 51.3. The minimum atomic E-state index is -4.37. The van der Waals surface area contributed by atoms with E-state index in [-0.39, 0.29) is 19.1 Å². The van der Waals surface area contributed by atoms with Crippen LogP contribution in [0.2, 0.25) is 0 Å². The SMILES string of the molecule is CC/C=C\C/C=C\C/C=C\C/C=C\C/C=C\CCCCCCCCCCCC(=O)NC(COP(=O)(O)OCC[N+](C)(C)C)C(O)/C=C/CC/C=C/CC/C=C/CCCCCCCCCCCCCCC. The highest BCUT2D eigenvalue weighted by Gasteiger charge is 2.27. The molecule has 0 aromatic heterocycles. The number of nitrogens with one attached hydrogen (secondary N) is 1. The van der Waals surface area contributed by atoms with Crippen molar-refractivity contribution in [3.63, 3.8) is 0 Å². The largest absolute Gasteiger partial charge is 0.472 e. The molecule has 9 heteroatoms. The minimum Gasteiger partial charge on any atom is -0.387 e. The third-order valence-electron chi connectivity index (χ3n) is 12.3. The highest BCUT2D eigenvalue weighted by molar-refractivity contribution is 7.47. The average molecular weight is 999 g/mol. The number of aliphatic hydroxyl groups is 1. The fourth-order valence-corrected chi connectivity index (χ4v) is 8.54. The molecule has 8 nitrogen and oxygen atoms in total. The summed E-state index contributed by atoms with van der Waals surface area (Å²) >= 11 is 0. The molecule has 0 heterocycles. The maximum atomic E-state index is 13.0. The van der Waals surface area contributed by atoms with Crippen LogP contribution in [-0.2, 0) is 18.4 Å². The molecule has 0 radical (unpaired) electrons. The molecule has 0 aliphatic carbocycles. The lowest BCUT2D eigenvalue weighted by molar-refractivity contribution is -0.870. The highest BCUT2D eigenvalue weighted by Crippen LogP contribution is 2.43. The van der Waals surface area contributed by atoms with E-state index in [2.05, 4.69) is 104 Å². The molecule has 0 saturated carbocycles. The number of hydrogen-bond donors (Lipinski definition) is 3. The number of carbonyl (C=O) groups excluding carboxylic acids is 1. The van der Waals surface area contributed by atoms with Crippen LogP contribution in [0, 0.1) is 0 Å². The van der Waals surface area contributed by atoms with Gasteiger partial charge in [0.15, 0.2) is 0 Å². The number of quaternary nitrogens is 1. The first kappa shape index (κ1) is 67.4. The molecule has 3 unspecified atom stereocenters. The summed E-state index contributed by atoms with van der Waals surface area (Å²) in [6, 6.07) is -0.880. The quantitative estimate of drug-likeness (QED) is 0.0243. The van der Waals surface area contributed by atoms with Crippen LogP contribution in [0.4, 0.5) is 0 Å². The number of aliphatic hydroxyl groups excluding tert-OH is 1. The number of unbranched alkanes of at least 4 members (excludes halogenated alkanes) is 24. The number of carbonyl (C=O) groups is 1. The lowest BCUT2D eigenvalue weighted by Gasteiger charge is -2.25. The van der Waals surface area contributed by atoms with E-state index in [1.165, 1.54) is 128 Å². The van der Waals surface area contributed by atoms with Crippen LogP contribution in [0.3, 0.4) is 0 Å². The monoisotopic (exact) mass is 998 g/mol. The van der Waals surface area contributed by atoms with Gasteiger partial charge in [0.1, 0.15) is 13.2 Å². The van der Waals surface area contributed by atoms with Crippen LogP contribution >= 0.6 is 7.82 Å². The maximum absolute atomic E-state index is 13.0. The highest BCUT2D eigenvalue weighted by atomic mass is 31.2. The average Bonchev–Trinajstić information content (AvgIpc) is 3.32. The first-order valence-corrected chi connectivity index (χ1v) is 30.1. The molecule has 0 spiro atoms. The number of amides is 1. The number of phosphoric acid groups is 1. The number of phosphoric ester groups is 1. The summed E-state index contributed by atoms with van der Waals surface area (Å²) in [4.78, 5) is 23.3. The fraction of sp³-hybridized carbons (Fsp3) is 0.721. The van der Waals surface area contributed by atoms with Gasteiger partial charge in [-0.25, -0.2) is 4.57 Å². The van der Waals surface area contributed by atoms with E-state index in [0.29, 0.717) is 17.4 Å². The summed E-state index contributed by atoms with van der Waals surface area (Å²) in [5.74, 6) is -0.200. The molecule has 0 aliphatic heterocycles. The van der Waals surface area contributed by atoms with Crippen molar-refractivity contribution in [1.82, 2.24) is 5.32 Å². The van der Waals surface area contributed by atoms with Gasteiger partial charge >= 0.3 is 7.82 Å². The molecule has 3 atom stereocenters. The zero-order valence-electron chi connectivity index (χ0n) is 46.0. The van der Waals surface area contributed by atoms with Gasteiger partial charge in [-0.15, -0.1) is 0 Å². The van der Waals surface area contributed by atoms with E-state index in [0.717, 1.165) is 83.5 Å². The molecule has 0 fully saturated rings. The lowest BCUT2D eigenvalue weighted by atomic mass is 10.0. The van der Waals surface area contributed by atoms with Crippen molar-refractivity contribution < 1.29 is 32.9 Å². The van der Waals surface area contributed by atoms with E-state index in [9.17, 15) is 19.4 Å². The molecule has 404 valence electrons. The zero-order chi connectivity index (χ0) is 51.3. The number of rotatable bonds is 51. The molecule has 1 amide bonds. The second-order valence-electron chi connectivity index (χ2n) is 20.3. The molecule has 0 saturated heterocycles. The van der Waals surface area contributed by atoms with Crippen molar-refractivity contribution in [2.75, 3.05) is 40.9 Å². The lowest BCUT2D eigenvalue weighted by Crippen LogP contribution is -2.45. The Morgan fingerprint density at radius 1 is 0.500 bits per heavy atom. The van der Waals surface area contributed by atoms with Gasteiger partial charge in [0.25, 0.3) is 0 Å². The molecule has 0 aliphatic rings. The zero-order valence-corrected chi connectivity index (χ0v) is 46.9. The third-order valence-corrected chi connectivity index (χ3v) is 13.2. The van der Waals surface area contributed by atoms with Gasteiger partial charge in [-0.05, 0) is 89.9 Å². The molecule has 0 aromatic carbocycles. The van der Waals surface area contributed by atoms with Crippen LogP contribution in [0.15, 0.2) is 97.2 Å². The summed E-state index contributed by atoms with van der Waals surface area (Å²) in [7, 11) is 1.53. The second-order valence-corrected chi connectivity index (χ2v) is 21.7. The van der Waals surface area contributed by atoms with Crippen LogP contribution in [0.1, 0.15) is 232 Å². The van der Waals surface area contributed by atoms with Gasteiger partial charge in [0.05, 0.1) is 39.9 Å². The molecular formula is C61H110N2O6P+. The topological polar surface area (TPSA) is 105 Å². The molecule has 3 N–H and O–H groups in total. The Morgan fingerprint density at radius 3 is 1.31 bits per heavy atom. The van der Waals surface area contributed by atoms with Gasteiger partial charge in [0, 0.05) is 6.42 Å². The first-order valence-electron chi connectivity index (χ1n) is 28.6. The van der Waals surface area contributed by atoms with Crippen molar-refractivity contribution in [2.45, 2.75) is 244 Å². The normalized spacial score (nSPS) is 14.7. The molecular weight excluding hydrogens is 888 g/mol. The standard InChI is InChI=1S/C61H109N2O6P/c1-6-8-10-12-14-16-18-20-22-24-26-28-30-31-33-35-37-39-41-43-45-47-49-51-53-55-61(65)62-59(58-69-70(66,67)68-57-56-63(3,4)5)60(64)54-52-50-48-46-44-42-40-38-36-34-32-29-27-25-23-21-19-17-15-13-11-9-7-2/h8,10,14,16,20,22,26,28,31,33,36,38,44,46,52,54,59-60,64H,6-7,9,11-13,15,17-19,21,23-25,27,29-30,32,34-35,37,39-43,45,47-51,53,55-58H2,1-5H3,(H-,62,65,66,67)/p+1/b10-8-,16-14-,22-20-,28-26-,33-31-,38-36+,46-44+,54-52+. The van der Waals surface area contributed by atoms with Gasteiger partial charge in [-0.3, -0.25) is 13.8 Å². The van der Waals surface area contributed by atoms with E-state index in [4.69, 9.17) is 9.05 Å². The van der Waals surface area contributed by atoms with E-state index in [1.54, 1.807) is 6.08 Å². The first-order chi connectivity index (χ1) is 34.0. The Hall–Kier alpha value is -2.58. The van der Waals surface area contributed by atoms with Gasteiger partial charge in [0.2, 0.25) is 5.91 Å². The smallest absolute Gasteiger partial charge is 0.387 e. The van der Waals surface area contributed by atoms with Crippen molar-refractivity contribution in [1.29, 1.82) is 0 Å². The van der Waals surface area contributed by atoms with E-state index >= 15 is 0 Å². The molecule has 70 heavy (non-hydrogen) atoms. The van der Waals surface area contributed by atoms with Crippen LogP contribution in [-0.4, -0.2) is 73.4 Å². The Bertz CT molecular complexity index is 1460. The van der Waals surface area contributed by atoms with Crippen LogP contribution < -0.4 is 5.32 Å². The predicted molar refractivity (Wildman–Crippen MR) is 304 cm³/mol. The predicted octanol–water partition coefficient (Wildman–Crippen LogP) is 17.4. The van der Waals surface area contributed by atoms with Crippen LogP contribution in [0.5, 0.6) is 0 Å². The van der Waals surface area contributed by atoms with Gasteiger partial charge in [-0.2, -0.15) is 0 Å². The third kappa shape index (κ3) is 53.2. The van der Waals surface area contributed by atoms with Crippen molar-refractivity contribution in [3.8, 4) is 0 Å². The summed E-state index contributed by atoms with van der Waals surface area (Å²) in [5, 5.41) is 13.9. The Morgan fingerprint density at radius 2 is 0.871 bits per heavy atom. The molecule has 0 aromatic rings. The summed E-state index contributed by atoms with van der Waals surface area (Å²) in [6.07, 6.45) is 73.6. The van der Waals surface area contributed by atoms with Crippen molar-refractivity contribution in [3.05, 3.63) is 97.2 Å². The summed E-state index contributed by atoms with van der Waals surface area (Å²) in [6.45, 7) is 4.67. The summed E-state index contributed by atoms with van der Waals surface area (Å²) < 4.78 is 23.7. The van der Waals surface area contributed by atoms with Crippen molar-refractivity contribution in [2.24, 2.45) is 0 Å². The van der Waals surface area contributed by atoms with Crippen molar-refractivity contribution >= 4 is 13.7 Å². The van der Waals surface area contributed by atoms with Crippen LogP contribution in [0.25, 0.3) is 0 Å². The number of likely N-dealkylation sites (N-methyl/N-ethyl adjacent to an activating group) is 1. The van der Waals surface area contributed by atoms with Gasteiger partial charge < -0.3 is 19.8 Å². The Kier molecular flexibility index (Phi) is 49.4. The maximum Gasteiger partial charge on any atom is 0.472 e. The number of allylic oxidation sites excluding steroid dienone is 15. The van der Waals surface area contributed by atoms with E-state index < -0.39 is 20.0 Å². The Labute approximate surface area is 432 Å². The van der Waals surface area contributed by atoms with E-state index in [1.807, 2.05) is 27.2 Å². The Balaban J connectivity index is 4.34. The number of hydrogen-bond acceptors (Lipinski definition) is 5. The minimum absolute atomic E-state index is 0.0475. The fourth-order valence-electron chi connectivity index (χ4n) is 7.81. The number of nitrogens with zero attached hydrogens (tertiary/aromatic N) is 1.